The number of aryl methyl sites for hydroxylation is 1. The Morgan fingerprint density at radius 2 is 1.71 bits per heavy atom. The second-order valence-corrected chi connectivity index (χ2v) is 18.2. The molecule has 3 aliphatic heterocycles. The number of nitrogens with zero attached hydrogens (tertiary/aromatic N) is 5. The first-order valence-corrected chi connectivity index (χ1v) is 21.1. The van der Waals surface area contributed by atoms with Crippen LogP contribution >= 0.6 is 0 Å². The van der Waals surface area contributed by atoms with E-state index in [2.05, 4.69) is 9.97 Å². The fraction of sp³-hybridized carbons (Fsp3) is 0.727. The van der Waals surface area contributed by atoms with E-state index >= 15 is 0 Å². The molecule has 15 heteroatoms. The minimum absolute atomic E-state index is 0.122. The average molecular weight is 826 g/mol. The fourth-order valence-corrected chi connectivity index (χ4v) is 9.61. The van der Waals surface area contributed by atoms with Gasteiger partial charge in [-0.3, -0.25) is 19.4 Å². The van der Waals surface area contributed by atoms with Crippen molar-refractivity contribution in [2.24, 2.45) is 23.2 Å². The van der Waals surface area contributed by atoms with Crippen LogP contribution in [0.2, 0.25) is 0 Å². The minimum Gasteiger partial charge on any atom is -0.457 e. The molecule has 12 atom stereocenters. The van der Waals surface area contributed by atoms with E-state index in [1.165, 1.54) is 21.0 Å². The monoisotopic (exact) mass is 825 g/mol. The summed E-state index contributed by atoms with van der Waals surface area (Å²) in [7, 11) is 5.24. The second-order valence-electron chi connectivity index (χ2n) is 18.2. The summed E-state index contributed by atoms with van der Waals surface area (Å²) in [6, 6.07) is 2.73. The summed E-state index contributed by atoms with van der Waals surface area (Å²) in [5, 5.41) is 11.5. The number of cyclic esters (lactones) is 1. The molecule has 5 rings (SSSR count). The molecule has 0 aromatic carbocycles. The van der Waals surface area contributed by atoms with Gasteiger partial charge < -0.3 is 43.2 Å². The summed E-state index contributed by atoms with van der Waals surface area (Å²) in [5.74, 6) is -3.81. The topological polar surface area (TPSA) is 172 Å². The number of rotatable bonds is 11. The van der Waals surface area contributed by atoms with Gasteiger partial charge in [-0.15, -0.1) is 0 Å². The maximum Gasteiger partial charge on any atom is 0.410 e. The lowest BCUT2D eigenvalue weighted by Gasteiger charge is -2.47. The third kappa shape index (κ3) is 9.44. The molecule has 0 saturated carbocycles. The van der Waals surface area contributed by atoms with E-state index in [1.807, 2.05) is 62.7 Å². The molecule has 3 saturated heterocycles. The van der Waals surface area contributed by atoms with Crippen molar-refractivity contribution in [2.75, 3.05) is 27.7 Å². The third-order valence-electron chi connectivity index (χ3n) is 13.1. The molecule has 59 heavy (non-hydrogen) atoms. The first-order valence-electron chi connectivity index (χ1n) is 21.1. The number of imidazole rings is 1. The Hall–Kier alpha value is -3.76. The number of carbonyl (C=O) groups excluding carboxylic acids is 4. The van der Waals surface area contributed by atoms with Gasteiger partial charge in [0.15, 0.2) is 17.7 Å². The number of unbranched alkanes of at least 4 members (excludes halogenated alkanes) is 1. The number of aromatic nitrogens is 3. The van der Waals surface area contributed by atoms with Crippen molar-refractivity contribution in [1.82, 2.24) is 24.3 Å². The standard InChI is InChI=1S/C44H67N5O10/c1-13-33-44(9)36(49(41(54)59-44)20-15-14-19-48-24-31(46-25-48)30-17-16-18-45-23-30)28(4)34(50)26(2)22-43(8,55-12)38(29(5)37(52)42(6,7)40(53)57-33)58-39-35(51)32(47(10)11)21-27(3)56-39/h16-18,23-29,32-33,35-36,38-39,51H,13-15,19-22H2,1-12H3/t26-,27-,28+,29+,32+,33?,35-,36-,38-,39+,43-,44-/m1/s1. The zero-order valence-electron chi connectivity index (χ0n) is 37.0. The van der Waals surface area contributed by atoms with E-state index in [4.69, 9.17) is 23.7 Å². The SMILES string of the molecule is CCC1OC(=O)C(C)(C)C(=O)[C@H](C)[C@@H](O[C@@H]2O[C@H](C)C[C@H](N(C)C)[C@H]2O)[C@](C)(OC)C[C@@H](C)C(=O)[C@H](C)[C@H]2N(CCCCn3cnc(-c4cccnc4)c3)C(=O)O[C@]12C. The van der Waals surface area contributed by atoms with Gasteiger partial charge in [0.25, 0.3) is 0 Å². The molecule has 0 aliphatic carbocycles. The van der Waals surface area contributed by atoms with Gasteiger partial charge in [0.05, 0.1) is 35.9 Å². The maximum absolute atomic E-state index is 14.8. The summed E-state index contributed by atoms with van der Waals surface area (Å²) >= 11 is 0. The Morgan fingerprint density at radius 3 is 2.34 bits per heavy atom. The van der Waals surface area contributed by atoms with Crippen LogP contribution in [0.4, 0.5) is 4.79 Å². The number of Topliss-reactive ketones (excluding diaryl/α,β-unsaturated/α-hetero) is 2. The van der Waals surface area contributed by atoms with Gasteiger partial charge in [-0.1, -0.05) is 27.7 Å². The highest BCUT2D eigenvalue weighted by atomic mass is 16.7. The van der Waals surface area contributed by atoms with E-state index in [0.717, 1.165) is 11.3 Å². The molecule has 1 unspecified atom stereocenters. The smallest absolute Gasteiger partial charge is 0.410 e. The van der Waals surface area contributed by atoms with Crippen LogP contribution in [0.1, 0.15) is 94.4 Å². The highest BCUT2D eigenvalue weighted by Crippen LogP contribution is 2.44. The predicted molar refractivity (Wildman–Crippen MR) is 219 cm³/mol. The minimum atomic E-state index is -1.68. The number of fused-ring (bicyclic) bond motifs is 1. The number of esters is 1. The van der Waals surface area contributed by atoms with Crippen LogP contribution in [0.15, 0.2) is 37.1 Å². The Balaban J connectivity index is 1.46. The Kier molecular flexibility index (Phi) is 14.5. The molecule has 3 aliphatic rings. The van der Waals surface area contributed by atoms with E-state index < -0.39 is 82.9 Å². The zero-order valence-corrected chi connectivity index (χ0v) is 37.0. The molecule has 15 nitrogen and oxygen atoms in total. The molecule has 0 radical (unpaired) electrons. The summed E-state index contributed by atoms with van der Waals surface area (Å²) in [5.41, 5.74) is -2.65. The van der Waals surface area contributed by atoms with Crippen molar-refractivity contribution in [3.8, 4) is 11.3 Å². The van der Waals surface area contributed by atoms with Crippen molar-refractivity contribution in [1.29, 1.82) is 0 Å². The summed E-state index contributed by atoms with van der Waals surface area (Å²) in [6.45, 7) is 16.5. The van der Waals surface area contributed by atoms with Gasteiger partial charge in [-0.25, -0.2) is 9.78 Å². The Bertz CT molecular complexity index is 1790. The molecular weight excluding hydrogens is 759 g/mol. The van der Waals surface area contributed by atoms with Crippen LogP contribution in [-0.2, 0) is 44.6 Å². The molecule has 2 aromatic heterocycles. The average Bonchev–Trinajstić information content (AvgIpc) is 3.78. The number of pyridine rings is 1. The Morgan fingerprint density at radius 1 is 1.02 bits per heavy atom. The van der Waals surface area contributed by atoms with Gasteiger partial charge in [-0.05, 0) is 93.0 Å². The van der Waals surface area contributed by atoms with Crippen molar-refractivity contribution in [3.05, 3.63) is 37.1 Å². The molecule has 3 fully saturated rings. The summed E-state index contributed by atoms with van der Waals surface area (Å²) in [4.78, 5) is 69.8. The number of amides is 1. The maximum atomic E-state index is 14.8. The zero-order chi connectivity index (χ0) is 43.6. The van der Waals surface area contributed by atoms with Gasteiger partial charge in [-0.2, -0.15) is 0 Å². The van der Waals surface area contributed by atoms with Crippen molar-refractivity contribution in [2.45, 2.75) is 155 Å². The van der Waals surface area contributed by atoms with E-state index in [9.17, 15) is 24.3 Å². The molecule has 2 aromatic rings. The van der Waals surface area contributed by atoms with Crippen LogP contribution < -0.4 is 0 Å². The molecule has 328 valence electrons. The number of carbonyl (C=O) groups is 4. The van der Waals surface area contributed by atoms with Crippen molar-refractivity contribution >= 4 is 23.6 Å². The molecular formula is C44H67N5O10. The van der Waals surface area contributed by atoms with Gasteiger partial charge in [0.2, 0.25) is 0 Å². The number of likely N-dealkylation sites (N-methyl/N-ethyl adjacent to an activating group) is 1. The van der Waals surface area contributed by atoms with Crippen LogP contribution in [0.25, 0.3) is 11.3 Å². The number of ether oxygens (including phenoxy) is 5. The number of hydrogen-bond acceptors (Lipinski definition) is 13. The van der Waals surface area contributed by atoms with Crippen LogP contribution in [0, 0.1) is 23.2 Å². The Labute approximate surface area is 349 Å². The van der Waals surface area contributed by atoms with Crippen LogP contribution in [0.5, 0.6) is 0 Å². The van der Waals surface area contributed by atoms with Gasteiger partial charge in [0.1, 0.15) is 23.4 Å². The number of ketones is 2. The number of methoxy groups -OCH3 is 1. The normalized spacial score (nSPS) is 35.9. The summed E-state index contributed by atoms with van der Waals surface area (Å²) in [6.07, 6.45) is 4.35. The first-order chi connectivity index (χ1) is 27.7. The molecule has 5 heterocycles. The fourth-order valence-electron chi connectivity index (χ4n) is 9.61. The first kappa shape index (κ1) is 46.3. The van der Waals surface area contributed by atoms with Crippen molar-refractivity contribution in [3.63, 3.8) is 0 Å². The third-order valence-corrected chi connectivity index (χ3v) is 13.1. The summed E-state index contributed by atoms with van der Waals surface area (Å²) < 4.78 is 33.4. The van der Waals surface area contributed by atoms with E-state index in [-0.39, 0.29) is 30.8 Å². The second kappa shape index (κ2) is 18.5. The van der Waals surface area contributed by atoms with E-state index in [1.54, 1.807) is 51.3 Å². The van der Waals surface area contributed by atoms with Crippen molar-refractivity contribution < 1.29 is 48.0 Å². The quantitative estimate of drug-likeness (QED) is 0.176. The lowest BCUT2D eigenvalue weighted by atomic mass is 9.71. The molecule has 0 spiro atoms. The van der Waals surface area contributed by atoms with Crippen LogP contribution in [-0.4, -0.2) is 135 Å². The van der Waals surface area contributed by atoms with Gasteiger partial charge >= 0.3 is 12.1 Å². The number of hydrogen-bond donors (Lipinski definition) is 1. The lowest BCUT2D eigenvalue weighted by Crippen LogP contribution is -2.61. The number of aliphatic hydroxyl groups excluding tert-OH is 1. The molecule has 0 bridgehead atoms. The largest absolute Gasteiger partial charge is 0.457 e. The van der Waals surface area contributed by atoms with E-state index in [0.29, 0.717) is 32.4 Å². The highest BCUT2D eigenvalue weighted by molar-refractivity contribution is 6.04. The number of aliphatic hydroxyl groups is 1. The van der Waals surface area contributed by atoms with Crippen LogP contribution in [0.3, 0.4) is 0 Å². The molecule has 1 amide bonds. The predicted octanol–water partition coefficient (Wildman–Crippen LogP) is 5.32. The van der Waals surface area contributed by atoms with Gasteiger partial charge in [0, 0.05) is 68.1 Å². The molecule has 1 N–H and O–H groups in total. The highest BCUT2D eigenvalue weighted by Gasteiger charge is 2.61. The lowest BCUT2D eigenvalue weighted by molar-refractivity contribution is -0.295.